The SMILES string of the molecule is FC(F)Oc1ccc(CCl)cc1OCC1CC1. The fourth-order valence-corrected chi connectivity index (χ4v) is 1.60. The number of hydrogen-bond acceptors (Lipinski definition) is 2. The van der Waals surface area contributed by atoms with E-state index in [1.807, 2.05) is 0 Å². The van der Waals surface area contributed by atoms with Gasteiger partial charge in [0.25, 0.3) is 0 Å². The molecule has 1 fully saturated rings. The van der Waals surface area contributed by atoms with Crippen LogP contribution in [-0.4, -0.2) is 13.2 Å². The summed E-state index contributed by atoms with van der Waals surface area (Å²) in [4.78, 5) is 0. The molecule has 17 heavy (non-hydrogen) atoms. The summed E-state index contributed by atoms with van der Waals surface area (Å²) < 4.78 is 34.3. The van der Waals surface area contributed by atoms with Crippen molar-refractivity contribution < 1.29 is 18.3 Å². The van der Waals surface area contributed by atoms with Gasteiger partial charge in [0.15, 0.2) is 11.5 Å². The van der Waals surface area contributed by atoms with Crippen molar-refractivity contribution in [2.45, 2.75) is 25.3 Å². The zero-order chi connectivity index (χ0) is 12.3. The Morgan fingerprint density at radius 1 is 1.29 bits per heavy atom. The van der Waals surface area contributed by atoms with Crippen molar-refractivity contribution in [3.05, 3.63) is 23.8 Å². The van der Waals surface area contributed by atoms with Gasteiger partial charge < -0.3 is 9.47 Å². The highest BCUT2D eigenvalue weighted by Gasteiger charge is 2.23. The van der Waals surface area contributed by atoms with E-state index in [-0.39, 0.29) is 5.75 Å². The van der Waals surface area contributed by atoms with Gasteiger partial charge in [0.05, 0.1) is 6.61 Å². The Labute approximate surface area is 103 Å². The van der Waals surface area contributed by atoms with Crippen LogP contribution in [0.4, 0.5) is 8.78 Å². The molecule has 0 aromatic heterocycles. The Kier molecular flexibility index (Phi) is 4.05. The maximum absolute atomic E-state index is 12.2. The Balaban J connectivity index is 2.10. The lowest BCUT2D eigenvalue weighted by molar-refractivity contribution is -0.0515. The first kappa shape index (κ1) is 12.4. The third-order valence-electron chi connectivity index (χ3n) is 2.55. The molecule has 0 bridgehead atoms. The molecule has 0 aliphatic heterocycles. The van der Waals surface area contributed by atoms with Crippen LogP contribution in [0.15, 0.2) is 18.2 Å². The van der Waals surface area contributed by atoms with Gasteiger partial charge >= 0.3 is 6.61 Å². The Morgan fingerprint density at radius 2 is 2.06 bits per heavy atom. The van der Waals surface area contributed by atoms with Crippen LogP contribution in [0, 0.1) is 5.92 Å². The molecule has 0 heterocycles. The molecule has 2 nitrogen and oxygen atoms in total. The predicted octanol–water partition coefficient (Wildman–Crippen LogP) is 3.82. The number of halogens is 3. The van der Waals surface area contributed by atoms with Crippen molar-refractivity contribution in [1.29, 1.82) is 0 Å². The molecule has 1 aromatic rings. The van der Waals surface area contributed by atoms with Crippen LogP contribution in [0.1, 0.15) is 18.4 Å². The Hall–Kier alpha value is -1.03. The van der Waals surface area contributed by atoms with E-state index in [9.17, 15) is 8.78 Å². The molecule has 0 atom stereocenters. The molecule has 1 aliphatic rings. The van der Waals surface area contributed by atoms with Gasteiger partial charge in [-0.15, -0.1) is 11.6 Å². The quantitative estimate of drug-likeness (QED) is 0.726. The molecule has 1 aromatic carbocycles. The van der Waals surface area contributed by atoms with Gasteiger partial charge in [-0.2, -0.15) is 8.78 Å². The molecule has 0 spiro atoms. The Morgan fingerprint density at radius 3 is 2.65 bits per heavy atom. The van der Waals surface area contributed by atoms with E-state index in [0.29, 0.717) is 24.2 Å². The van der Waals surface area contributed by atoms with Crippen LogP contribution in [0.3, 0.4) is 0 Å². The van der Waals surface area contributed by atoms with Gasteiger partial charge in [-0.05, 0) is 36.5 Å². The van der Waals surface area contributed by atoms with Crippen molar-refractivity contribution in [2.75, 3.05) is 6.61 Å². The van der Waals surface area contributed by atoms with E-state index in [0.717, 1.165) is 18.4 Å². The van der Waals surface area contributed by atoms with Crippen molar-refractivity contribution >= 4 is 11.6 Å². The first-order chi connectivity index (χ1) is 8.19. The molecular formula is C12H13ClF2O2. The molecule has 1 saturated carbocycles. The maximum atomic E-state index is 12.2. The lowest BCUT2D eigenvalue weighted by atomic mass is 10.2. The van der Waals surface area contributed by atoms with E-state index < -0.39 is 6.61 Å². The monoisotopic (exact) mass is 262 g/mol. The third-order valence-corrected chi connectivity index (χ3v) is 2.86. The van der Waals surface area contributed by atoms with Gasteiger partial charge in [-0.1, -0.05) is 6.07 Å². The zero-order valence-electron chi connectivity index (χ0n) is 9.17. The van der Waals surface area contributed by atoms with Crippen LogP contribution in [0.2, 0.25) is 0 Å². The first-order valence-corrected chi connectivity index (χ1v) is 5.99. The average Bonchev–Trinajstić information content (AvgIpc) is 3.11. The summed E-state index contributed by atoms with van der Waals surface area (Å²) in [6.07, 6.45) is 2.28. The summed E-state index contributed by atoms with van der Waals surface area (Å²) in [5.74, 6) is 1.27. The third kappa shape index (κ3) is 3.73. The van der Waals surface area contributed by atoms with Crippen molar-refractivity contribution in [3.63, 3.8) is 0 Å². The highest BCUT2D eigenvalue weighted by atomic mass is 35.5. The zero-order valence-corrected chi connectivity index (χ0v) is 9.92. The van der Waals surface area contributed by atoms with Gasteiger partial charge in [0, 0.05) is 5.88 Å². The van der Waals surface area contributed by atoms with Gasteiger partial charge in [0.1, 0.15) is 0 Å². The van der Waals surface area contributed by atoms with Crippen LogP contribution in [0.5, 0.6) is 11.5 Å². The fraction of sp³-hybridized carbons (Fsp3) is 0.500. The lowest BCUT2D eigenvalue weighted by Crippen LogP contribution is -2.06. The molecule has 0 amide bonds. The van der Waals surface area contributed by atoms with E-state index in [1.54, 1.807) is 12.1 Å². The molecule has 2 rings (SSSR count). The summed E-state index contributed by atoms with van der Waals surface area (Å²) in [5, 5.41) is 0. The summed E-state index contributed by atoms with van der Waals surface area (Å²) >= 11 is 5.69. The molecule has 1 aliphatic carbocycles. The second-order valence-corrected chi connectivity index (χ2v) is 4.31. The van der Waals surface area contributed by atoms with Crippen molar-refractivity contribution in [3.8, 4) is 11.5 Å². The second kappa shape index (κ2) is 5.54. The van der Waals surface area contributed by atoms with Crippen LogP contribution in [0.25, 0.3) is 0 Å². The number of benzene rings is 1. The molecule has 0 radical (unpaired) electrons. The molecule has 94 valence electrons. The maximum Gasteiger partial charge on any atom is 0.387 e. The van der Waals surface area contributed by atoms with E-state index in [1.165, 1.54) is 6.07 Å². The largest absolute Gasteiger partial charge is 0.489 e. The summed E-state index contributed by atoms with van der Waals surface area (Å²) in [5.41, 5.74) is 0.819. The van der Waals surface area contributed by atoms with E-state index in [4.69, 9.17) is 16.3 Å². The van der Waals surface area contributed by atoms with Crippen LogP contribution < -0.4 is 9.47 Å². The van der Waals surface area contributed by atoms with E-state index >= 15 is 0 Å². The predicted molar refractivity (Wildman–Crippen MR) is 60.9 cm³/mol. The number of hydrogen-bond donors (Lipinski definition) is 0. The fourth-order valence-electron chi connectivity index (χ4n) is 1.43. The molecule has 0 N–H and O–H groups in total. The highest BCUT2D eigenvalue weighted by molar-refractivity contribution is 6.17. The summed E-state index contributed by atoms with van der Waals surface area (Å²) in [7, 11) is 0. The van der Waals surface area contributed by atoms with Gasteiger partial charge in [-0.25, -0.2) is 0 Å². The molecule has 5 heteroatoms. The summed E-state index contributed by atoms with van der Waals surface area (Å²) in [6.45, 7) is -2.30. The normalized spacial score (nSPS) is 15.1. The van der Waals surface area contributed by atoms with Crippen molar-refractivity contribution in [2.24, 2.45) is 5.92 Å². The minimum Gasteiger partial charge on any atom is -0.489 e. The second-order valence-electron chi connectivity index (χ2n) is 4.05. The van der Waals surface area contributed by atoms with Crippen LogP contribution >= 0.6 is 11.6 Å². The number of rotatable bonds is 6. The van der Waals surface area contributed by atoms with Crippen LogP contribution in [-0.2, 0) is 5.88 Å². The minimum atomic E-state index is -2.85. The Bertz CT molecular complexity index is 381. The standard InChI is InChI=1S/C12H13ClF2O2/c13-6-9-3-4-10(17-12(14)15)11(5-9)16-7-8-1-2-8/h3-5,8,12H,1-2,6-7H2. The highest BCUT2D eigenvalue weighted by Crippen LogP contribution is 2.34. The molecular weight excluding hydrogens is 250 g/mol. The molecule has 0 saturated heterocycles. The number of alkyl halides is 3. The smallest absolute Gasteiger partial charge is 0.387 e. The topological polar surface area (TPSA) is 18.5 Å². The number of ether oxygens (including phenoxy) is 2. The minimum absolute atomic E-state index is 0.0644. The van der Waals surface area contributed by atoms with E-state index in [2.05, 4.69) is 4.74 Å². The van der Waals surface area contributed by atoms with Gasteiger partial charge in [-0.3, -0.25) is 0 Å². The van der Waals surface area contributed by atoms with Gasteiger partial charge in [0.2, 0.25) is 0 Å². The first-order valence-electron chi connectivity index (χ1n) is 5.45. The average molecular weight is 263 g/mol. The summed E-state index contributed by atoms with van der Waals surface area (Å²) in [6, 6.07) is 4.76. The lowest BCUT2D eigenvalue weighted by Gasteiger charge is -2.12. The molecule has 0 unspecified atom stereocenters. The van der Waals surface area contributed by atoms with Crippen molar-refractivity contribution in [1.82, 2.24) is 0 Å².